The lowest BCUT2D eigenvalue weighted by atomic mass is 9.92. The van der Waals surface area contributed by atoms with E-state index in [2.05, 4.69) is 73.3 Å². The van der Waals surface area contributed by atoms with Crippen molar-refractivity contribution in [1.29, 1.82) is 0 Å². The van der Waals surface area contributed by atoms with Crippen molar-refractivity contribution in [1.82, 2.24) is 5.32 Å². The molecule has 0 aliphatic carbocycles. The summed E-state index contributed by atoms with van der Waals surface area (Å²) in [6.45, 7) is 13.2. The van der Waals surface area contributed by atoms with Crippen LogP contribution in [-0.4, -0.2) is 25.2 Å². The molecule has 0 heterocycles. The van der Waals surface area contributed by atoms with Crippen LogP contribution in [0.5, 0.6) is 0 Å². The van der Waals surface area contributed by atoms with Crippen molar-refractivity contribution < 1.29 is 0 Å². The van der Waals surface area contributed by atoms with Gasteiger partial charge >= 0.3 is 0 Å². The summed E-state index contributed by atoms with van der Waals surface area (Å²) in [5, 5.41) is 5.69. The Morgan fingerprint density at radius 3 is 2.58 bits per heavy atom. The molecular weight excluding hydrogens is 484 g/mol. The minimum Gasteiger partial charge on any atom is -0.402 e. The molecule has 0 saturated heterocycles. The first-order chi connectivity index (χ1) is 17.4. The van der Waals surface area contributed by atoms with Crippen molar-refractivity contribution in [2.24, 2.45) is 22.4 Å². The number of nitrogens with one attached hydrogen (secondary N) is 1. The predicted octanol–water partition coefficient (Wildman–Crippen LogP) is 7.04. The number of nitrogens with zero attached hydrogens (tertiary/aromatic N) is 1. The van der Waals surface area contributed by atoms with Crippen LogP contribution in [0, 0.1) is 19.8 Å². The fourth-order valence-corrected chi connectivity index (χ4v) is 4.08. The second kappa shape index (κ2) is 18.5. The van der Waals surface area contributed by atoms with E-state index in [1.165, 1.54) is 5.54 Å². The molecule has 0 aromatic heterocycles. The Morgan fingerprint density at radius 1 is 1.25 bits per heavy atom. The highest BCUT2D eigenvalue weighted by Crippen LogP contribution is 2.21. The molecule has 0 saturated carbocycles. The molecule has 194 valence electrons. The number of benzene rings is 1. The van der Waals surface area contributed by atoms with Gasteiger partial charge < -0.3 is 16.8 Å². The van der Waals surface area contributed by atoms with Gasteiger partial charge in [-0.05, 0) is 61.1 Å². The van der Waals surface area contributed by atoms with Crippen molar-refractivity contribution in [2.75, 3.05) is 19.5 Å². The summed E-state index contributed by atoms with van der Waals surface area (Å²) >= 11 is 7.37. The van der Waals surface area contributed by atoms with Gasteiger partial charge in [0.2, 0.25) is 0 Å². The third kappa shape index (κ3) is 11.8. The Kier molecular flexibility index (Phi) is 16.1. The van der Waals surface area contributed by atoms with Gasteiger partial charge in [0.25, 0.3) is 0 Å². The maximum Gasteiger partial charge on any atom is 0.0866 e. The van der Waals surface area contributed by atoms with Crippen LogP contribution < -0.4 is 16.8 Å². The molecule has 1 aromatic rings. The molecule has 0 bridgehead atoms. The first-order valence-corrected chi connectivity index (χ1v) is 13.7. The Morgan fingerprint density at radius 2 is 1.97 bits per heavy atom. The lowest BCUT2D eigenvalue weighted by molar-refractivity contribution is 0.569. The summed E-state index contributed by atoms with van der Waals surface area (Å²) in [5.74, 6) is 0.0648. The Labute approximate surface area is 227 Å². The molecule has 0 aliphatic rings. The lowest BCUT2D eigenvalue weighted by Crippen LogP contribution is -2.25. The largest absolute Gasteiger partial charge is 0.402 e. The van der Waals surface area contributed by atoms with E-state index < -0.39 is 0 Å². The fraction of sp³-hybridized carbons (Fsp3) is 0.300. The van der Waals surface area contributed by atoms with Crippen LogP contribution in [0.15, 0.2) is 107 Å². The molecule has 36 heavy (non-hydrogen) atoms. The smallest absolute Gasteiger partial charge is 0.0866 e. The van der Waals surface area contributed by atoms with Gasteiger partial charge in [-0.25, -0.2) is 0 Å². The maximum atomic E-state index is 6.59. The van der Waals surface area contributed by atoms with Gasteiger partial charge in [0.05, 0.1) is 12.4 Å². The van der Waals surface area contributed by atoms with Gasteiger partial charge in [0.1, 0.15) is 0 Å². The van der Waals surface area contributed by atoms with Crippen LogP contribution in [0.1, 0.15) is 36.0 Å². The molecule has 0 aliphatic heterocycles. The average Bonchev–Trinajstić information content (AvgIpc) is 2.84. The number of rotatable bonds is 16. The molecule has 0 unspecified atom stereocenters. The van der Waals surface area contributed by atoms with Gasteiger partial charge in [0.15, 0.2) is 0 Å². The number of thioether (sulfide) groups is 1. The normalized spacial score (nSPS) is 14.2. The molecule has 0 spiro atoms. The van der Waals surface area contributed by atoms with Crippen LogP contribution >= 0.6 is 23.4 Å². The van der Waals surface area contributed by atoms with E-state index in [9.17, 15) is 0 Å². The van der Waals surface area contributed by atoms with Gasteiger partial charge in [-0.1, -0.05) is 72.8 Å². The average molecular weight is 525 g/mol. The van der Waals surface area contributed by atoms with Gasteiger partial charge in [0, 0.05) is 41.4 Å². The first kappa shape index (κ1) is 31.3. The summed E-state index contributed by atoms with van der Waals surface area (Å²) in [6, 6.07) is 6.19. The monoisotopic (exact) mass is 524 g/mol. The van der Waals surface area contributed by atoms with E-state index in [1.54, 1.807) is 17.8 Å². The fourth-order valence-electron chi connectivity index (χ4n) is 3.70. The molecule has 0 amide bonds. The number of allylic oxidation sites excluding steroid dienone is 8. The number of halogens is 1. The Hall–Kier alpha value is -2.73. The first-order valence-electron chi connectivity index (χ1n) is 12.0. The van der Waals surface area contributed by atoms with Crippen LogP contribution in [0.3, 0.4) is 0 Å². The third-order valence-electron chi connectivity index (χ3n) is 5.50. The minimum absolute atomic E-state index is 0.0648. The van der Waals surface area contributed by atoms with Crippen LogP contribution in [-0.2, 0) is 0 Å². The molecular formula is C30H41ClN4S. The number of nitrogens with two attached hydrogens (primary N) is 2. The standard InChI is InChI=1S/C30H41ClN4S/c1-6-7-15-28(16-11-18-36-5)34-21-26(23(2)12-8-9-17-31)19-27(33)20-29(35-22-32)30-24(3)13-10-14-25(30)4/h6,8-15,17-18,20,26,34H,1-2,7,16,19,21-22,32-33H2,3-5H3/b12-8-,17-9+,18-11+,27-20-,28-15-,35-29+/t26-/m0/s1. The second-order valence-corrected chi connectivity index (χ2v) is 9.31. The Bertz CT molecular complexity index is 1010. The SMILES string of the molecule is C=CC/C=C(/C/C=C/SC)NC[C@H](C/C(N)=C/C(=N\CN)c1c(C)cccc1C)C(=C)/C=C\C=C\Cl. The quantitative estimate of drug-likeness (QED) is 0.123. The number of aliphatic imine (C=N–C) groups is 1. The topological polar surface area (TPSA) is 76.4 Å². The van der Waals surface area contributed by atoms with Gasteiger partial charge in [-0.15, -0.1) is 18.3 Å². The highest BCUT2D eigenvalue weighted by molar-refractivity contribution is 8.01. The number of aryl methyl sites for hydroxylation is 2. The van der Waals surface area contributed by atoms with Crippen molar-refractivity contribution in [3.05, 3.63) is 118 Å². The van der Waals surface area contributed by atoms with E-state index in [0.717, 1.165) is 52.2 Å². The zero-order valence-corrected chi connectivity index (χ0v) is 23.4. The van der Waals surface area contributed by atoms with Crippen molar-refractivity contribution in [3.8, 4) is 0 Å². The highest BCUT2D eigenvalue weighted by Gasteiger charge is 2.15. The summed E-state index contributed by atoms with van der Waals surface area (Å²) in [4.78, 5) is 4.55. The minimum atomic E-state index is 0.0648. The zero-order valence-electron chi connectivity index (χ0n) is 21.8. The van der Waals surface area contributed by atoms with E-state index in [4.69, 9.17) is 23.1 Å². The van der Waals surface area contributed by atoms with Crippen molar-refractivity contribution in [3.63, 3.8) is 0 Å². The van der Waals surface area contributed by atoms with Crippen LogP contribution in [0.25, 0.3) is 0 Å². The maximum absolute atomic E-state index is 6.59. The number of hydrogen-bond donors (Lipinski definition) is 3. The molecule has 1 rings (SSSR count). The van der Waals surface area contributed by atoms with E-state index >= 15 is 0 Å². The summed E-state index contributed by atoms with van der Waals surface area (Å²) in [5.41, 5.74) is 20.8. The number of hydrogen-bond acceptors (Lipinski definition) is 5. The van der Waals surface area contributed by atoms with E-state index in [0.29, 0.717) is 13.0 Å². The van der Waals surface area contributed by atoms with E-state index in [1.807, 2.05) is 30.4 Å². The second-order valence-electron chi connectivity index (χ2n) is 8.31. The lowest BCUT2D eigenvalue weighted by Gasteiger charge is -2.21. The summed E-state index contributed by atoms with van der Waals surface area (Å²) in [7, 11) is 0. The van der Waals surface area contributed by atoms with Crippen LogP contribution in [0.2, 0.25) is 0 Å². The molecule has 1 aromatic carbocycles. The van der Waals surface area contributed by atoms with Crippen molar-refractivity contribution >= 4 is 29.1 Å². The molecule has 1 atom stereocenters. The van der Waals surface area contributed by atoms with Gasteiger partial charge in [-0.2, -0.15) is 0 Å². The molecule has 4 nitrogen and oxygen atoms in total. The van der Waals surface area contributed by atoms with Gasteiger partial charge in [-0.3, -0.25) is 4.99 Å². The third-order valence-corrected chi connectivity index (χ3v) is 6.11. The Balaban J connectivity index is 3.21. The van der Waals surface area contributed by atoms with Crippen molar-refractivity contribution in [2.45, 2.75) is 33.1 Å². The molecule has 0 radical (unpaired) electrons. The molecule has 0 fully saturated rings. The van der Waals surface area contributed by atoms with E-state index in [-0.39, 0.29) is 12.6 Å². The molecule has 6 heteroatoms. The summed E-state index contributed by atoms with van der Waals surface area (Å²) < 4.78 is 0. The highest BCUT2D eigenvalue weighted by atomic mass is 35.5. The predicted molar refractivity (Wildman–Crippen MR) is 163 cm³/mol. The van der Waals surface area contributed by atoms with Crippen LogP contribution in [0.4, 0.5) is 0 Å². The summed E-state index contributed by atoms with van der Waals surface area (Å²) in [6.07, 6.45) is 18.1. The molecule has 5 N–H and O–H groups in total. The zero-order chi connectivity index (χ0) is 26.8.